The maximum absolute atomic E-state index is 13.6. The Bertz CT molecular complexity index is 956. The van der Waals surface area contributed by atoms with Crippen LogP contribution in [0, 0.1) is 31.0 Å². The number of esters is 1. The first-order valence-corrected chi connectivity index (χ1v) is 9.47. The van der Waals surface area contributed by atoms with E-state index in [9.17, 15) is 19.2 Å². The maximum Gasteiger partial charge on any atom is 0.340 e. The number of halogens is 1. The summed E-state index contributed by atoms with van der Waals surface area (Å²) in [7, 11) is 0. The first-order chi connectivity index (χ1) is 13.3. The summed E-state index contributed by atoms with van der Waals surface area (Å²) in [5, 5.41) is 11.8. The van der Waals surface area contributed by atoms with Gasteiger partial charge >= 0.3 is 5.97 Å². The summed E-state index contributed by atoms with van der Waals surface area (Å²) in [6.07, 6.45) is 0. The molecule has 1 unspecified atom stereocenters. The molecule has 0 saturated carbocycles. The highest BCUT2D eigenvalue weighted by atomic mass is 32.2. The first-order valence-electron chi connectivity index (χ1n) is 8.59. The maximum atomic E-state index is 13.6. The third-order valence-corrected chi connectivity index (χ3v) is 4.99. The number of rotatable bonds is 6. The number of aryl methyl sites for hydroxylation is 2. The molecule has 0 fully saturated rings. The van der Waals surface area contributed by atoms with Crippen molar-refractivity contribution in [3.8, 4) is 6.07 Å². The number of nitriles is 1. The van der Waals surface area contributed by atoms with Crippen molar-refractivity contribution >= 4 is 29.3 Å². The van der Waals surface area contributed by atoms with Crippen molar-refractivity contribution in [3.05, 3.63) is 52.5 Å². The van der Waals surface area contributed by atoms with Crippen LogP contribution in [0.25, 0.3) is 0 Å². The third-order valence-electron chi connectivity index (χ3n) is 3.89. The van der Waals surface area contributed by atoms with Gasteiger partial charge in [-0.2, -0.15) is 5.26 Å². The van der Waals surface area contributed by atoms with E-state index in [0.717, 1.165) is 11.8 Å². The van der Waals surface area contributed by atoms with Crippen molar-refractivity contribution < 1.29 is 18.7 Å². The van der Waals surface area contributed by atoms with Crippen LogP contribution >= 0.6 is 11.8 Å². The number of hydrogen-bond acceptors (Lipinski definition) is 6. The van der Waals surface area contributed by atoms with Crippen molar-refractivity contribution in [2.24, 2.45) is 0 Å². The molecule has 1 N–H and O–H groups in total. The van der Waals surface area contributed by atoms with Gasteiger partial charge in [-0.15, -0.1) is 0 Å². The van der Waals surface area contributed by atoms with Crippen LogP contribution in [-0.4, -0.2) is 28.7 Å². The molecule has 6 nitrogen and oxygen atoms in total. The summed E-state index contributed by atoms with van der Waals surface area (Å²) in [4.78, 5) is 28.7. The van der Waals surface area contributed by atoms with Gasteiger partial charge in [-0.25, -0.2) is 14.2 Å². The summed E-state index contributed by atoms with van der Waals surface area (Å²) in [5.41, 5.74) is 1.64. The fourth-order valence-electron chi connectivity index (χ4n) is 2.30. The monoisotopic (exact) mass is 401 g/mol. The molecule has 8 heteroatoms. The lowest BCUT2D eigenvalue weighted by Gasteiger charge is -2.14. The van der Waals surface area contributed by atoms with Gasteiger partial charge in [0.05, 0.1) is 28.7 Å². The van der Waals surface area contributed by atoms with Crippen LogP contribution < -0.4 is 5.32 Å². The lowest BCUT2D eigenvalue weighted by molar-refractivity contribution is -0.115. The van der Waals surface area contributed by atoms with Crippen molar-refractivity contribution in [2.75, 3.05) is 11.9 Å². The van der Waals surface area contributed by atoms with E-state index in [2.05, 4.69) is 10.3 Å². The van der Waals surface area contributed by atoms with Crippen LogP contribution in [-0.2, 0) is 9.53 Å². The average Bonchev–Trinajstić information content (AvgIpc) is 2.65. The van der Waals surface area contributed by atoms with Crippen LogP contribution in [0.15, 0.2) is 29.3 Å². The summed E-state index contributed by atoms with van der Waals surface area (Å²) < 4.78 is 18.6. The molecule has 2 rings (SSSR count). The minimum Gasteiger partial charge on any atom is -0.462 e. The molecule has 0 spiro atoms. The Kier molecular flexibility index (Phi) is 7.12. The Morgan fingerprint density at radius 3 is 2.68 bits per heavy atom. The van der Waals surface area contributed by atoms with Crippen LogP contribution in [0.1, 0.15) is 41.0 Å². The van der Waals surface area contributed by atoms with E-state index in [1.54, 1.807) is 39.8 Å². The molecule has 146 valence electrons. The zero-order valence-corrected chi connectivity index (χ0v) is 16.8. The number of carbonyl (C=O) groups is 2. The van der Waals surface area contributed by atoms with Gasteiger partial charge in [0.1, 0.15) is 16.9 Å². The van der Waals surface area contributed by atoms with Gasteiger partial charge in [-0.1, -0.05) is 17.8 Å². The minimum atomic E-state index is -0.600. The number of thioether (sulfide) groups is 1. The van der Waals surface area contributed by atoms with Crippen molar-refractivity contribution in [1.82, 2.24) is 4.98 Å². The molecule has 0 aliphatic heterocycles. The first kappa shape index (κ1) is 21.4. The van der Waals surface area contributed by atoms with Gasteiger partial charge in [0.15, 0.2) is 0 Å². The number of nitrogens with zero attached hydrogens (tertiary/aromatic N) is 2. The van der Waals surface area contributed by atoms with E-state index in [1.165, 1.54) is 12.1 Å². The lowest BCUT2D eigenvalue weighted by atomic mass is 10.1. The molecule has 0 radical (unpaired) electrons. The van der Waals surface area contributed by atoms with Crippen molar-refractivity contribution in [1.29, 1.82) is 5.26 Å². The summed E-state index contributed by atoms with van der Waals surface area (Å²) in [5.74, 6) is -1.31. The number of amides is 1. The number of aromatic nitrogens is 1. The van der Waals surface area contributed by atoms with Crippen LogP contribution in [0.5, 0.6) is 0 Å². The molecule has 2 aromatic rings. The Hall–Kier alpha value is -2.92. The highest BCUT2D eigenvalue weighted by Gasteiger charge is 2.21. The van der Waals surface area contributed by atoms with Crippen molar-refractivity contribution in [2.45, 2.75) is 38.0 Å². The molecule has 1 aromatic carbocycles. The van der Waals surface area contributed by atoms with Gasteiger partial charge in [0.2, 0.25) is 5.91 Å². The highest BCUT2D eigenvalue weighted by Crippen LogP contribution is 2.28. The van der Waals surface area contributed by atoms with E-state index in [0.29, 0.717) is 22.0 Å². The molecule has 1 amide bonds. The smallest absolute Gasteiger partial charge is 0.340 e. The van der Waals surface area contributed by atoms with Crippen LogP contribution in [0.2, 0.25) is 0 Å². The third kappa shape index (κ3) is 5.08. The van der Waals surface area contributed by atoms with Gasteiger partial charge in [-0.3, -0.25) is 4.79 Å². The number of nitrogens with one attached hydrogen (secondary N) is 1. The molecule has 1 aromatic heterocycles. The second-order valence-electron chi connectivity index (χ2n) is 6.02. The molecule has 0 aliphatic rings. The molecular formula is C20H20FN3O3S. The second kappa shape index (κ2) is 9.33. The zero-order valence-electron chi connectivity index (χ0n) is 16.0. The van der Waals surface area contributed by atoms with Gasteiger partial charge in [-0.05, 0) is 51.5 Å². The molecule has 0 bridgehead atoms. The van der Waals surface area contributed by atoms with Crippen molar-refractivity contribution in [3.63, 3.8) is 0 Å². The van der Waals surface area contributed by atoms with E-state index in [1.807, 2.05) is 6.07 Å². The van der Waals surface area contributed by atoms with Gasteiger partial charge in [0.25, 0.3) is 0 Å². The van der Waals surface area contributed by atoms with Gasteiger partial charge in [0, 0.05) is 5.69 Å². The Morgan fingerprint density at radius 2 is 2.07 bits per heavy atom. The molecule has 0 saturated heterocycles. The Morgan fingerprint density at radius 1 is 1.36 bits per heavy atom. The van der Waals surface area contributed by atoms with E-state index >= 15 is 0 Å². The number of carbonyl (C=O) groups excluding carboxylic acids is 2. The van der Waals surface area contributed by atoms with E-state index in [4.69, 9.17) is 4.74 Å². The molecular weight excluding hydrogens is 381 g/mol. The SMILES string of the molecule is CCOC(=O)c1cc(C#N)c(SC(C)C(=O)Nc2ccc(C)c(F)c2)nc1C. The quantitative estimate of drug-likeness (QED) is 0.581. The van der Waals surface area contributed by atoms with Crippen LogP contribution in [0.3, 0.4) is 0 Å². The number of hydrogen-bond donors (Lipinski definition) is 1. The minimum absolute atomic E-state index is 0.180. The molecule has 1 atom stereocenters. The molecule has 0 aliphatic carbocycles. The summed E-state index contributed by atoms with van der Waals surface area (Å²) >= 11 is 1.09. The largest absolute Gasteiger partial charge is 0.462 e. The topological polar surface area (TPSA) is 92.1 Å². The highest BCUT2D eigenvalue weighted by molar-refractivity contribution is 8.00. The number of benzene rings is 1. The van der Waals surface area contributed by atoms with E-state index in [-0.39, 0.29) is 23.6 Å². The summed E-state index contributed by atoms with van der Waals surface area (Å²) in [6.45, 7) is 6.83. The predicted molar refractivity (Wildman–Crippen MR) is 105 cm³/mol. The number of ether oxygens (including phenoxy) is 1. The average molecular weight is 401 g/mol. The van der Waals surface area contributed by atoms with Crippen LogP contribution in [0.4, 0.5) is 10.1 Å². The number of pyridine rings is 1. The second-order valence-corrected chi connectivity index (χ2v) is 7.35. The summed E-state index contributed by atoms with van der Waals surface area (Å²) in [6, 6.07) is 7.86. The molecule has 1 heterocycles. The van der Waals surface area contributed by atoms with Gasteiger partial charge < -0.3 is 10.1 Å². The Balaban J connectivity index is 2.18. The molecule has 28 heavy (non-hydrogen) atoms. The normalized spacial score (nSPS) is 11.4. The predicted octanol–water partition coefficient (Wildman–Crippen LogP) is 4.01. The number of anilines is 1. The lowest BCUT2D eigenvalue weighted by Crippen LogP contribution is -2.23. The fraction of sp³-hybridized carbons (Fsp3) is 0.300. The zero-order chi connectivity index (χ0) is 20.8. The fourth-order valence-corrected chi connectivity index (χ4v) is 3.23. The standard InChI is InChI=1S/C20H20FN3O3S/c1-5-27-20(26)16-8-14(10-22)19(23-12(16)3)28-13(4)18(25)24-15-7-6-11(2)17(21)9-15/h6-9,13H,5H2,1-4H3,(H,24,25). The van der Waals surface area contributed by atoms with E-state index < -0.39 is 17.0 Å². The Labute approximate surface area is 167 Å².